The molecule has 9 heteroatoms. The van der Waals surface area contributed by atoms with E-state index in [1.54, 1.807) is 18.2 Å². The monoisotopic (exact) mass is 370 g/mol. The fourth-order valence-electron chi connectivity index (χ4n) is 3.12. The van der Waals surface area contributed by atoms with Crippen LogP contribution in [0.5, 0.6) is 0 Å². The van der Waals surface area contributed by atoms with Crippen LogP contribution < -0.4 is 16.0 Å². The van der Waals surface area contributed by atoms with Gasteiger partial charge in [0.1, 0.15) is 5.54 Å². The summed E-state index contributed by atoms with van der Waals surface area (Å²) in [6, 6.07) is 4.30. The number of piperidine rings is 1. The van der Waals surface area contributed by atoms with Crippen LogP contribution in [0.4, 0.5) is 10.5 Å². The van der Waals surface area contributed by atoms with Gasteiger partial charge in [-0.25, -0.2) is 4.79 Å². The van der Waals surface area contributed by atoms with Gasteiger partial charge in [-0.05, 0) is 37.6 Å². The summed E-state index contributed by atoms with van der Waals surface area (Å²) in [7, 11) is 0. The molecule has 2 heterocycles. The van der Waals surface area contributed by atoms with Gasteiger partial charge < -0.3 is 10.6 Å². The average Bonchev–Trinajstić information content (AvgIpc) is 2.71. The van der Waals surface area contributed by atoms with Crippen molar-refractivity contribution in [2.45, 2.75) is 18.4 Å². The number of hydrogen-bond acceptors (Lipinski definition) is 4. The summed E-state index contributed by atoms with van der Waals surface area (Å²) in [6.07, 6.45) is 1.27. The lowest BCUT2D eigenvalue weighted by molar-refractivity contribution is -0.127. The number of halogens is 2. The lowest BCUT2D eigenvalue weighted by Gasteiger charge is -2.37. The number of hydrogen-bond donors (Lipinski definition) is 3. The quantitative estimate of drug-likeness (QED) is 0.704. The molecule has 1 aromatic rings. The Bertz CT molecular complexity index is 692. The Morgan fingerprint density at radius 1 is 1.25 bits per heavy atom. The Morgan fingerprint density at radius 3 is 2.58 bits per heavy atom. The summed E-state index contributed by atoms with van der Waals surface area (Å²) in [5.74, 6) is -0.575. The van der Waals surface area contributed by atoms with E-state index in [0.29, 0.717) is 41.7 Å². The van der Waals surface area contributed by atoms with Crippen LogP contribution in [0.3, 0.4) is 0 Å². The summed E-state index contributed by atoms with van der Waals surface area (Å²) in [6.45, 7) is 1.08. The summed E-state index contributed by atoms with van der Waals surface area (Å²) in [4.78, 5) is 37.5. The van der Waals surface area contributed by atoms with Gasteiger partial charge in [-0.3, -0.25) is 19.8 Å². The van der Waals surface area contributed by atoms with Crippen LogP contribution in [0.1, 0.15) is 12.8 Å². The molecule has 1 spiro atoms. The summed E-state index contributed by atoms with van der Waals surface area (Å²) >= 11 is 11.8. The molecule has 0 radical (unpaired) electrons. The Kier molecular flexibility index (Phi) is 4.67. The van der Waals surface area contributed by atoms with Crippen LogP contribution in [-0.2, 0) is 9.59 Å². The lowest BCUT2D eigenvalue weighted by Crippen LogP contribution is -2.59. The van der Waals surface area contributed by atoms with Crippen molar-refractivity contribution in [2.24, 2.45) is 0 Å². The van der Waals surface area contributed by atoms with Crippen LogP contribution in [0.25, 0.3) is 0 Å². The van der Waals surface area contributed by atoms with Crippen LogP contribution >= 0.6 is 23.2 Å². The zero-order valence-corrected chi connectivity index (χ0v) is 14.2. The smallest absolute Gasteiger partial charge is 0.322 e. The van der Waals surface area contributed by atoms with Crippen molar-refractivity contribution in [3.05, 3.63) is 28.2 Å². The molecular formula is C15H16Cl2N4O3. The molecule has 3 N–H and O–H groups in total. The number of amides is 4. The van der Waals surface area contributed by atoms with Crippen molar-refractivity contribution >= 4 is 46.7 Å². The molecule has 128 valence electrons. The van der Waals surface area contributed by atoms with Gasteiger partial charge in [-0.2, -0.15) is 0 Å². The van der Waals surface area contributed by atoms with E-state index in [9.17, 15) is 14.4 Å². The number of benzene rings is 1. The number of urea groups is 1. The highest BCUT2D eigenvalue weighted by Gasteiger charge is 2.48. The highest BCUT2D eigenvalue weighted by atomic mass is 35.5. The van der Waals surface area contributed by atoms with E-state index in [4.69, 9.17) is 23.2 Å². The molecule has 4 amide bonds. The lowest BCUT2D eigenvalue weighted by atomic mass is 9.89. The van der Waals surface area contributed by atoms with Crippen LogP contribution in [0.2, 0.25) is 10.0 Å². The Labute approximate surface area is 148 Å². The second-order valence-electron chi connectivity index (χ2n) is 6.01. The molecule has 0 aromatic heterocycles. The van der Waals surface area contributed by atoms with Crippen molar-refractivity contribution in [3.63, 3.8) is 0 Å². The number of imide groups is 1. The molecule has 1 aromatic carbocycles. The number of carbonyl (C=O) groups excluding carboxylic acids is 3. The molecule has 1 unspecified atom stereocenters. The minimum absolute atomic E-state index is 0.106. The van der Waals surface area contributed by atoms with E-state index in [1.165, 1.54) is 0 Å². The predicted octanol–water partition coefficient (Wildman–Crippen LogP) is 1.61. The molecule has 2 aliphatic rings. The van der Waals surface area contributed by atoms with Gasteiger partial charge in [0.2, 0.25) is 5.91 Å². The largest absolute Gasteiger partial charge is 0.325 e. The first-order chi connectivity index (χ1) is 11.4. The third-order valence-electron chi connectivity index (χ3n) is 4.10. The predicted molar refractivity (Wildman–Crippen MR) is 90.2 cm³/mol. The first-order valence-electron chi connectivity index (χ1n) is 7.48. The third-order valence-corrected chi connectivity index (χ3v) is 4.54. The zero-order valence-electron chi connectivity index (χ0n) is 12.7. The molecule has 0 aliphatic carbocycles. The Morgan fingerprint density at radius 2 is 1.96 bits per heavy atom. The maximum atomic E-state index is 12.2. The molecule has 7 nitrogen and oxygen atoms in total. The van der Waals surface area contributed by atoms with Gasteiger partial charge in [0.05, 0.1) is 6.54 Å². The van der Waals surface area contributed by atoms with Crippen molar-refractivity contribution in [2.75, 3.05) is 25.0 Å². The number of carbonyl (C=O) groups is 3. The van der Waals surface area contributed by atoms with Gasteiger partial charge in [-0.1, -0.05) is 23.2 Å². The van der Waals surface area contributed by atoms with Crippen molar-refractivity contribution < 1.29 is 14.4 Å². The fraction of sp³-hybridized carbons (Fsp3) is 0.400. The third kappa shape index (κ3) is 3.63. The maximum Gasteiger partial charge on any atom is 0.322 e. The number of anilines is 1. The number of rotatable bonds is 3. The molecule has 1 atom stereocenters. The fourth-order valence-corrected chi connectivity index (χ4v) is 3.65. The molecular weight excluding hydrogens is 355 g/mol. The van der Waals surface area contributed by atoms with Gasteiger partial charge in [0.15, 0.2) is 0 Å². The second-order valence-corrected chi connectivity index (χ2v) is 6.88. The topological polar surface area (TPSA) is 90.5 Å². The van der Waals surface area contributed by atoms with Crippen molar-refractivity contribution in [1.29, 1.82) is 0 Å². The van der Waals surface area contributed by atoms with E-state index in [2.05, 4.69) is 16.0 Å². The molecule has 2 saturated heterocycles. The standard InChI is InChI=1S/C15H16Cl2N4O3/c16-9-4-10(17)6-11(5-9)18-12(22)7-21-3-1-2-15(8-21)13(23)19-14(24)20-15/h4-6H,1-3,7-8H2,(H,18,22)(H2,19,20,23,24). The first-order valence-corrected chi connectivity index (χ1v) is 8.24. The molecule has 2 aliphatic heterocycles. The zero-order chi connectivity index (χ0) is 17.3. The molecule has 2 fully saturated rings. The number of nitrogens with one attached hydrogen (secondary N) is 3. The van der Waals surface area contributed by atoms with Gasteiger partial charge in [-0.15, -0.1) is 0 Å². The van der Waals surface area contributed by atoms with E-state index in [-0.39, 0.29) is 18.4 Å². The summed E-state index contributed by atoms with van der Waals surface area (Å²) in [5, 5.41) is 8.53. The van der Waals surface area contributed by atoms with Crippen molar-refractivity contribution in [3.8, 4) is 0 Å². The van der Waals surface area contributed by atoms with Crippen molar-refractivity contribution in [1.82, 2.24) is 15.5 Å². The number of nitrogens with zero attached hydrogens (tertiary/aromatic N) is 1. The average molecular weight is 371 g/mol. The molecule has 24 heavy (non-hydrogen) atoms. The molecule has 3 rings (SSSR count). The van der Waals surface area contributed by atoms with Gasteiger partial charge in [0.25, 0.3) is 5.91 Å². The minimum Gasteiger partial charge on any atom is -0.325 e. The Hall–Kier alpha value is -1.83. The molecule has 0 bridgehead atoms. The van der Waals surface area contributed by atoms with E-state index in [0.717, 1.165) is 0 Å². The summed E-state index contributed by atoms with van der Waals surface area (Å²) in [5.41, 5.74) is -0.425. The van der Waals surface area contributed by atoms with Gasteiger partial charge in [0, 0.05) is 22.3 Å². The maximum absolute atomic E-state index is 12.2. The highest BCUT2D eigenvalue weighted by Crippen LogP contribution is 2.25. The highest BCUT2D eigenvalue weighted by molar-refractivity contribution is 6.35. The van der Waals surface area contributed by atoms with E-state index < -0.39 is 11.6 Å². The first kappa shape index (κ1) is 17.0. The molecule has 0 saturated carbocycles. The Balaban J connectivity index is 1.62. The SMILES string of the molecule is O=C(CN1CCCC2(C1)NC(=O)NC2=O)Nc1cc(Cl)cc(Cl)c1. The second kappa shape index (κ2) is 6.58. The van der Waals surface area contributed by atoms with Gasteiger partial charge >= 0.3 is 6.03 Å². The normalized spacial score (nSPS) is 23.9. The van der Waals surface area contributed by atoms with E-state index in [1.807, 2.05) is 4.90 Å². The van der Waals surface area contributed by atoms with Crippen LogP contribution in [0, 0.1) is 0 Å². The minimum atomic E-state index is -0.936. The van der Waals surface area contributed by atoms with Crippen LogP contribution in [-0.4, -0.2) is 47.9 Å². The van der Waals surface area contributed by atoms with Crippen LogP contribution in [0.15, 0.2) is 18.2 Å². The van der Waals surface area contributed by atoms with E-state index >= 15 is 0 Å². The number of likely N-dealkylation sites (tertiary alicyclic amines) is 1. The summed E-state index contributed by atoms with van der Waals surface area (Å²) < 4.78 is 0.